The predicted molar refractivity (Wildman–Crippen MR) is 50.0 cm³/mol. The molecule has 1 rings (SSSR count). The average molecular weight is 256 g/mol. The van der Waals surface area contributed by atoms with Crippen LogP contribution in [-0.2, 0) is 0 Å². The number of halogens is 3. The Balaban J connectivity index is 3.05. The molecule has 0 bridgehead atoms. The van der Waals surface area contributed by atoms with Crippen LogP contribution in [0, 0.1) is 0 Å². The fourth-order valence-electron chi connectivity index (χ4n) is 0.661. The third kappa shape index (κ3) is 2.34. The van der Waals surface area contributed by atoms with Crippen molar-refractivity contribution >= 4 is 39.1 Å². The topological polar surface area (TPSA) is 20.2 Å². The summed E-state index contributed by atoms with van der Waals surface area (Å²) in [5.74, 6) is 0. The van der Waals surface area contributed by atoms with Crippen LogP contribution >= 0.6 is 39.1 Å². The van der Waals surface area contributed by atoms with Crippen molar-refractivity contribution in [2.45, 2.75) is 5.56 Å². The molecule has 0 aliphatic carbocycles. The largest absolute Gasteiger partial charge is 0.373 e. The van der Waals surface area contributed by atoms with Gasteiger partial charge in [-0.25, -0.2) is 0 Å². The van der Waals surface area contributed by atoms with Gasteiger partial charge in [0.1, 0.15) is 0 Å². The molecule has 1 aromatic rings. The van der Waals surface area contributed by atoms with Crippen LogP contribution in [0.1, 0.15) is 11.1 Å². The van der Waals surface area contributed by atoms with Gasteiger partial charge in [-0.15, -0.1) is 0 Å². The highest BCUT2D eigenvalue weighted by atomic mass is 79.9. The summed E-state index contributed by atoms with van der Waals surface area (Å²) in [5, 5.41) is 9.47. The van der Waals surface area contributed by atoms with E-state index in [9.17, 15) is 0 Å². The van der Waals surface area contributed by atoms with Crippen LogP contribution in [0.25, 0.3) is 0 Å². The number of alkyl halides is 1. The summed E-state index contributed by atoms with van der Waals surface area (Å²) in [4.78, 5) is 0. The van der Waals surface area contributed by atoms with Gasteiger partial charge in [-0.05, 0) is 33.6 Å². The highest BCUT2D eigenvalue weighted by molar-refractivity contribution is 9.10. The van der Waals surface area contributed by atoms with Crippen LogP contribution < -0.4 is 0 Å². The van der Waals surface area contributed by atoms with Gasteiger partial charge in [-0.2, -0.15) is 0 Å². The zero-order chi connectivity index (χ0) is 8.43. The highest BCUT2D eigenvalue weighted by Crippen LogP contribution is 2.27. The van der Waals surface area contributed by atoms with E-state index in [0.29, 0.717) is 10.6 Å². The smallest absolute Gasteiger partial charge is 0.153 e. The van der Waals surface area contributed by atoms with Crippen LogP contribution in [0.2, 0.25) is 5.02 Å². The number of aliphatic hydroxyl groups is 1. The van der Waals surface area contributed by atoms with E-state index >= 15 is 0 Å². The molecule has 11 heavy (non-hydrogen) atoms. The summed E-state index contributed by atoms with van der Waals surface area (Å²) in [6, 6.07) is 5.06. The third-order valence-corrected chi connectivity index (χ3v) is 2.70. The van der Waals surface area contributed by atoms with Crippen molar-refractivity contribution in [1.29, 1.82) is 0 Å². The zero-order valence-corrected chi connectivity index (χ0v) is 8.49. The molecule has 4 heteroatoms. The molecular formula is C7H5BrCl2O. The molecule has 60 valence electrons. The fraction of sp³-hybridized carbons (Fsp3) is 0.143. The maximum Gasteiger partial charge on any atom is 0.153 e. The summed E-state index contributed by atoms with van der Waals surface area (Å²) in [7, 11) is 0. The molecule has 1 unspecified atom stereocenters. The molecule has 0 fully saturated rings. The Bertz CT molecular complexity index is 263. The molecule has 0 aliphatic rings. The minimum atomic E-state index is -0.986. The minimum Gasteiger partial charge on any atom is -0.373 e. The first-order valence-corrected chi connectivity index (χ1v) is 4.49. The first-order valence-electron chi connectivity index (χ1n) is 2.88. The molecule has 1 aromatic carbocycles. The number of hydrogen-bond donors (Lipinski definition) is 1. The van der Waals surface area contributed by atoms with Crippen molar-refractivity contribution in [3.05, 3.63) is 33.3 Å². The van der Waals surface area contributed by atoms with E-state index in [0.717, 1.165) is 4.47 Å². The fourth-order valence-corrected chi connectivity index (χ4v) is 1.23. The second-order valence-corrected chi connectivity index (χ2v) is 3.68. The third-order valence-electron chi connectivity index (χ3n) is 1.22. The molecule has 0 aliphatic heterocycles. The number of aliphatic hydroxyl groups excluding tert-OH is 1. The Hall–Kier alpha value is 0.240. The lowest BCUT2D eigenvalue weighted by Gasteiger charge is -2.03. The van der Waals surface area contributed by atoms with Gasteiger partial charge >= 0.3 is 0 Å². The van der Waals surface area contributed by atoms with E-state index in [1.54, 1.807) is 18.2 Å². The average Bonchev–Trinajstić information content (AvgIpc) is 1.94. The van der Waals surface area contributed by atoms with E-state index in [4.69, 9.17) is 28.3 Å². The van der Waals surface area contributed by atoms with Gasteiger partial charge in [-0.3, -0.25) is 0 Å². The summed E-state index contributed by atoms with van der Waals surface area (Å²) < 4.78 is 0.792. The van der Waals surface area contributed by atoms with Crippen LogP contribution in [-0.4, -0.2) is 5.11 Å². The number of hydrogen-bond acceptors (Lipinski definition) is 1. The summed E-state index contributed by atoms with van der Waals surface area (Å²) in [5.41, 5.74) is -0.388. The van der Waals surface area contributed by atoms with Gasteiger partial charge in [0.2, 0.25) is 0 Å². The molecule has 1 atom stereocenters. The zero-order valence-electron chi connectivity index (χ0n) is 5.39. The van der Waals surface area contributed by atoms with E-state index in [2.05, 4.69) is 15.9 Å². The van der Waals surface area contributed by atoms with Gasteiger partial charge in [0, 0.05) is 4.47 Å². The highest BCUT2D eigenvalue weighted by Gasteiger charge is 2.04. The van der Waals surface area contributed by atoms with Gasteiger partial charge in [0.25, 0.3) is 0 Å². The van der Waals surface area contributed by atoms with Crippen LogP contribution in [0.3, 0.4) is 0 Å². The van der Waals surface area contributed by atoms with Gasteiger partial charge < -0.3 is 5.11 Å². The molecule has 1 nitrogen and oxygen atoms in total. The van der Waals surface area contributed by atoms with E-state index in [1.807, 2.05) is 0 Å². The second kappa shape index (κ2) is 3.76. The molecule has 0 aromatic heterocycles. The van der Waals surface area contributed by atoms with Crippen LogP contribution in [0.5, 0.6) is 0 Å². The van der Waals surface area contributed by atoms with Crippen molar-refractivity contribution in [3.63, 3.8) is 0 Å². The molecule has 0 amide bonds. The molecule has 0 radical (unpaired) electrons. The van der Waals surface area contributed by atoms with E-state index in [-0.39, 0.29) is 0 Å². The summed E-state index contributed by atoms with van der Waals surface area (Å²) in [6.07, 6.45) is 0. The monoisotopic (exact) mass is 254 g/mol. The van der Waals surface area contributed by atoms with Gasteiger partial charge in [0.15, 0.2) is 5.56 Å². The summed E-state index contributed by atoms with van der Waals surface area (Å²) in [6.45, 7) is 0. The van der Waals surface area contributed by atoms with Crippen molar-refractivity contribution in [1.82, 2.24) is 0 Å². The Morgan fingerprint density at radius 3 is 2.55 bits per heavy atom. The van der Waals surface area contributed by atoms with Gasteiger partial charge in [-0.1, -0.05) is 29.3 Å². The second-order valence-electron chi connectivity index (χ2n) is 2.01. The molecule has 1 N–H and O–H groups in total. The van der Waals surface area contributed by atoms with Crippen LogP contribution in [0.15, 0.2) is 22.7 Å². The quantitative estimate of drug-likeness (QED) is 0.764. The predicted octanol–water partition coefficient (Wildman–Crippen LogP) is 3.33. The molecular weight excluding hydrogens is 251 g/mol. The van der Waals surface area contributed by atoms with Crippen LogP contribution in [0.4, 0.5) is 0 Å². The molecule has 0 spiro atoms. The lowest BCUT2D eigenvalue weighted by atomic mass is 10.2. The SMILES string of the molecule is OC(Cl)c1ccc(Br)c(Cl)c1. The lowest BCUT2D eigenvalue weighted by molar-refractivity contribution is 0.263. The number of benzene rings is 1. The maximum absolute atomic E-state index is 8.93. The number of rotatable bonds is 1. The molecule has 0 saturated heterocycles. The normalized spacial score (nSPS) is 13.1. The Morgan fingerprint density at radius 2 is 2.09 bits per heavy atom. The lowest BCUT2D eigenvalue weighted by Crippen LogP contribution is -1.86. The Morgan fingerprint density at radius 1 is 1.45 bits per heavy atom. The Labute approximate surface area is 83.1 Å². The standard InChI is InChI=1S/C7H5BrCl2O/c8-5-2-1-4(7(10)11)3-6(5)9/h1-3,7,11H. The van der Waals surface area contributed by atoms with Crippen molar-refractivity contribution in [3.8, 4) is 0 Å². The first-order chi connectivity index (χ1) is 5.11. The maximum atomic E-state index is 8.93. The van der Waals surface area contributed by atoms with Gasteiger partial charge in [0.05, 0.1) is 5.02 Å². The first kappa shape index (κ1) is 9.33. The van der Waals surface area contributed by atoms with Crippen molar-refractivity contribution in [2.75, 3.05) is 0 Å². The van der Waals surface area contributed by atoms with Crippen molar-refractivity contribution < 1.29 is 5.11 Å². The van der Waals surface area contributed by atoms with E-state index < -0.39 is 5.56 Å². The summed E-state index contributed by atoms with van der Waals surface area (Å²) >= 11 is 14.4. The van der Waals surface area contributed by atoms with E-state index in [1.165, 1.54) is 0 Å². The van der Waals surface area contributed by atoms with Crippen molar-refractivity contribution in [2.24, 2.45) is 0 Å². The Kier molecular flexibility index (Phi) is 3.19. The molecule has 0 heterocycles. The molecule has 0 saturated carbocycles. The minimum absolute atomic E-state index is 0.544.